The van der Waals surface area contributed by atoms with Gasteiger partial charge in [-0.15, -0.1) is 12.4 Å². The van der Waals surface area contributed by atoms with Gasteiger partial charge in [0.15, 0.2) is 0 Å². The van der Waals surface area contributed by atoms with Gasteiger partial charge in [-0.05, 0) is 26.3 Å². The molecule has 0 spiro atoms. The van der Waals surface area contributed by atoms with E-state index in [-0.39, 0.29) is 18.4 Å². The Kier molecular flexibility index (Phi) is 7.00. The molecular formula is C9H18ClNO2. The fraction of sp³-hybridized carbons (Fsp3) is 0.889. The van der Waals surface area contributed by atoms with Crippen LogP contribution in [-0.2, 0) is 9.53 Å². The molecule has 1 rings (SSSR count). The van der Waals surface area contributed by atoms with Gasteiger partial charge in [-0.3, -0.25) is 4.79 Å². The number of ether oxygens (including phenoxy) is 1. The minimum absolute atomic E-state index is 0. The zero-order chi connectivity index (χ0) is 8.81. The summed E-state index contributed by atoms with van der Waals surface area (Å²) in [4.78, 5) is 11.0. The van der Waals surface area contributed by atoms with Crippen LogP contribution in [0.15, 0.2) is 0 Å². The van der Waals surface area contributed by atoms with Crippen LogP contribution in [0.25, 0.3) is 0 Å². The average molecular weight is 208 g/mol. The molecule has 0 unspecified atom stereocenters. The summed E-state index contributed by atoms with van der Waals surface area (Å²) in [5, 5.41) is 3.31. The number of halogens is 1. The molecule has 0 aliphatic carbocycles. The number of piperidine rings is 1. The largest absolute Gasteiger partial charge is 0.466 e. The lowest BCUT2D eigenvalue weighted by Gasteiger charge is -2.22. The Labute approximate surface area is 85.6 Å². The van der Waals surface area contributed by atoms with E-state index < -0.39 is 0 Å². The highest BCUT2D eigenvalue weighted by molar-refractivity contribution is 5.85. The van der Waals surface area contributed by atoms with Crippen molar-refractivity contribution >= 4 is 18.4 Å². The molecule has 1 atom stereocenters. The second-order valence-electron chi connectivity index (χ2n) is 3.16. The summed E-state index contributed by atoms with van der Waals surface area (Å²) in [6.07, 6.45) is 4.11. The Morgan fingerprint density at radius 2 is 2.31 bits per heavy atom. The molecule has 0 aromatic carbocycles. The standard InChI is InChI=1S/C9H17NO2.ClH/c1-2-12-9(11)7-8-5-3-4-6-10-8;/h8,10H,2-7H2,1H3;1H/t8-;/m0./s1. The number of esters is 1. The highest BCUT2D eigenvalue weighted by Gasteiger charge is 2.16. The average Bonchev–Trinajstić information content (AvgIpc) is 2.06. The lowest BCUT2D eigenvalue weighted by atomic mass is 10.0. The van der Waals surface area contributed by atoms with Crippen molar-refractivity contribution in [3.05, 3.63) is 0 Å². The third kappa shape index (κ3) is 5.11. The number of nitrogens with one attached hydrogen (secondary N) is 1. The number of hydrogen-bond donors (Lipinski definition) is 1. The van der Waals surface area contributed by atoms with E-state index in [4.69, 9.17) is 4.74 Å². The number of carbonyl (C=O) groups is 1. The van der Waals surface area contributed by atoms with Gasteiger partial charge in [0.2, 0.25) is 0 Å². The van der Waals surface area contributed by atoms with Gasteiger partial charge in [0.05, 0.1) is 13.0 Å². The van der Waals surface area contributed by atoms with Crippen molar-refractivity contribution in [2.75, 3.05) is 13.2 Å². The van der Waals surface area contributed by atoms with Gasteiger partial charge in [-0.25, -0.2) is 0 Å². The van der Waals surface area contributed by atoms with Crippen LogP contribution in [0.3, 0.4) is 0 Å². The molecule has 1 fully saturated rings. The molecule has 0 aromatic rings. The fourth-order valence-corrected chi connectivity index (χ4v) is 1.52. The predicted octanol–water partition coefficient (Wildman–Crippen LogP) is 1.50. The van der Waals surface area contributed by atoms with Gasteiger partial charge >= 0.3 is 5.97 Å². The zero-order valence-corrected chi connectivity index (χ0v) is 8.86. The molecular weight excluding hydrogens is 190 g/mol. The van der Waals surface area contributed by atoms with Crippen molar-refractivity contribution in [3.63, 3.8) is 0 Å². The predicted molar refractivity (Wildman–Crippen MR) is 54.1 cm³/mol. The van der Waals surface area contributed by atoms with Gasteiger partial charge in [0, 0.05) is 6.04 Å². The first kappa shape index (κ1) is 12.7. The monoisotopic (exact) mass is 207 g/mol. The van der Waals surface area contributed by atoms with Crippen molar-refractivity contribution in [1.82, 2.24) is 5.32 Å². The molecule has 1 saturated heterocycles. The van der Waals surface area contributed by atoms with Gasteiger partial charge in [-0.1, -0.05) is 6.42 Å². The molecule has 0 saturated carbocycles. The molecule has 0 radical (unpaired) electrons. The third-order valence-corrected chi connectivity index (χ3v) is 2.13. The molecule has 0 amide bonds. The SMILES string of the molecule is CCOC(=O)C[C@@H]1CCCCN1.Cl. The van der Waals surface area contributed by atoms with Crippen molar-refractivity contribution < 1.29 is 9.53 Å². The van der Waals surface area contributed by atoms with Crippen molar-refractivity contribution in [2.24, 2.45) is 0 Å². The van der Waals surface area contributed by atoms with E-state index in [1.54, 1.807) is 0 Å². The lowest BCUT2D eigenvalue weighted by molar-refractivity contribution is -0.143. The van der Waals surface area contributed by atoms with E-state index >= 15 is 0 Å². The van der Waals surface area contributed by atoms with Crippen LogP contribution >= 0.6 is 12.4 Å². The first-order chi connectivity index (χ1) is 5.83. The van der Waals surface area contributed by atoms with Crippen LogP contribution in [0.1, 0.15) is 32.6 Å². The Morgan fingerprint density at radius 3 is 2.85 bits per heavy atom. The van der Waals surface area contributed by atoms with E-state index in [1.165, 1.54) is 12.8 Å². The highest BCUT2D eigenvalue weighted by Crippen LogP contribution is 2.10. The maximum Gasteiger partial charge on any atom is 0.307 e. The smallest absolute Gasteiger partial charge is 0.307 e. The summed E-state index contributed by atoms with van der Waals surface area (Å²) in [6, 6.07) is 0.359. The quantitative estimate of drug-likeness (QED) is 0.713. The van der Waals surface area contributed by atoms with Gasteiger partial charge in [-0.2, -0.15) is 0 Å². The maximum atomic E-state index is 11.0. The van der Waals surface area contributed by atoms with E-state index in [1.807, 2.05) is 6.92 Å². The molecule has 78 valence electrons. The second-order valence-corrected chi connectivity index (χ2v) is 3.16. The molecule has 1 aliphatic heterocycles. The summed E-state index contributed by atoms with van der Waals surface area (Å²) in [6.45, 7) is 3.38. The summed E-state index contributed by atoms with van der Waals surface area (Å²) in [7, 11) is 0. The number of rotatable bonds is 3. The minimum Gasteiger partial charge on any atom is -0.466 e. The van der Waals surface area contributed by atoms with Crippen molar-refractivity contribution in [3.8, 4) is 0 Å². The molecule has 0 bridgehead atoms. The van der Waals surface area contributed by atoms with E-state index in [2.05, 4.69) is 5.32 Å². The molecule has 3 nitrogen and oxygen atoms in total. The Balaban J connectivity index is 0.00000144. The van der Waals surface area contributed by atoms with Crippen molar-refractivity contribution in [1.29, 1.82) is 0 Å². The lowest BCUT2D eigenvalue weighted by Crippen LogP contribution is -2.36. The summed E-state index contributed by atoms with van der Waals surface area (Å²) >= 11 is 0. The molecule has 13 heavy (non-hydrogen) atoms. The Bertz CT molecular complexity index is 147. The third-order valence-electron chi connectivity index (χ3n) is 2.13. The van der Waals surface area contributed by atoms with Crippen molar-refractivity contribution in [2.45, 2.75) is 38.6 Å². The van der Waals surface area contributed by atoms with Crippen LogP contribution in [0.5, 0.6) is 0 Å². The van der Waals surface area contributed by atoms with Gasteiger partial charge < -0.3 is 10.1 Å². The van der Waals surface area contributed by atoms with Crippen LogP contribution < -0.4 is 5.32 Å². The topological polar surface area (TPSA) is 38.3 Å². The first-order valence-electron chi connectivity index (χ1n) is 4.72. The van der Waals surface area contributed by atoms with Gasteiger partial charge in [0.1, 0.15) is 0 Å². The van der Waals surface area contributed by atoms with Crippen LogP contribution in [0, 0.1) is 0 Å². The van der Waals surface area contributed by atoms with Crippen LogP contribution in [0.4, 0.5) is 0 Å². The summed E-state index contributed by atoms with van der Waals surface area (Å²) in [5.74, 6) is -0.0723. The zero-order valence-electron chi connectivity index (χ0n) is 8.04. The van der Waals surface area contributed by atoms with E-state index in [0.717, 1.165) is 13.0 Å². The number of hydrogen-bond acceptors (Lipinski definition) is 3. The minimum atomic E-state index is -0.0723. The second kappa shape index (κ2) is 7.15. The van der Waals surface area contributed by atoms with E-state index in [0.29, 0.717) is 19.1 Å². The highest BCUT2D eigenvalue weighted by atomic mass is 35.5. The Hall–Kier alpha value is -0.280. The summed E-state index contributed by atoms with van der Waals surface area (Å²) < 4.78 is 4.87. The normalized spacial score (nSPS) is 21.8. The fourth-order valence-electron chi connectivity index (χ4n) is 1.52. The maximum absolute atomic E-state index is 11.0. The summed E-state index contributed by atoms with van der Waals surface area (Å²) in [5.41, 5.74) is 0. The molecule has 0 aromatic heterocycles. The molecule has 4 heteroatoms. The van der Waals surface area contributed by atoms with Crippen LogP contribution in [0.2, 0.25) is 0 Å². The molecule has 1 aliphatic rings. The number of carbonyl (C=O) groups excluding carboxylic acids is 1. The molecule has 1 N–H and O–H groups in total. The first-order valence-corrected chi connectivity index (χ1v) is 4.72. The van der Waals surface area contributed by atoms with Crippen LogP contribution in [-0.4, -0.2) is 25.2 Å². The Morgan fingerprint density at radius 1 is 1.54 bits per heavy atom. The molecule has 1 heterocycles. The van der Waals surface area contributed by atoms with E-state index in [9.17, 15) is 4.79 Å². The van der Waals surface area contributed by atoms with Gasteiger partial charge in [0.25, 0.3) is 0 Å².